The van der Waals surface area contributed by atoms with Crippen LogP contribution in [0.4, 0.5) is 5.69 Å². The lowest BCUT2D eigenvalue weighted by molar-refractivity contribution is 0.101. The quantitative estimate of drug-likeness (QED) is 0.826. The van der Waals surface area contributed by atoms with E-state index in [9.17, 15) is 9.59 Å². The molecule has 9 nitrogen and oxygen atoms in total. The fourth-order valence-corrected chi connectivity index (χ4v) is 2.92. The third kappa shape index (κ3) is 3.55. The van der Waals surface area contributed by atoms with Crippen molar-refractivity contribution in [3.8, 4) is 5.75 Å². The number of hydrogen-bond donors (Lipinski definition) is 2. The van der Waals surface area contributed by atoms with Gasteiger partial charge in [-0.3, -0.25) is 14.2 Å². The number of nitrogens with zero attached hydrogens (tertiary/aromatic N) is 3. The summed E-state index contributed by atoms with van der Waals surface area (Å²) in [6.45, 7) is 3.68. The molecule has 0 aliphatic carbocycles. The number of piperidine rings is 1. The van der Waals surface area contributed by atoms with E-state index < -0.39 is 5.91 Å². The SMILES string of the molecule is CCOc1c(C(=O)Nc2cnoc2)nc(C2CCCNC2)n(C)c1=O. The third-order valence-electron chi connectivity index (χ3n) is 4.14. The van der Waals surface area contributed by atoms with Gasteiger partial charge in [0.2, 0.25) is 5.75 Å². The lowest BCUT2D eigenvalue weighted by atomic mass is 9.98. The zero-order chi connectivity index (χ0) is 17.8. The second-order valence-electron chi connectivity index (χ2n) is 5.86. The lowest BCUT2D eigenvalue weighted by Gasteiger charge is -2.24. The first-order valence-electron chi connectivity index (χ1n) is 8.27. The summed E-state index contributed by atoms with van der Waals surface area (Å²) >= 11 is 0. The molecule has 0 spiro atoms. The molecule has 1 aliphatic heterocycles. The Labute approximate surface area is 144 Å². The molecule has 1 aliphatic rings. The topological polar surface area (TPSA) is 111 Å². The zero-order valence-electron chi connectivity index (χ0n) is 14.2. The number of carbonyl (C=O) groups is 1. The van der Waals surface area contributed by atoms with Gasteiger partial charge >= 0.3 is 0 Å². The zero-order valence-corrected chi connectivity index (χ0v) is 14.2. The second kappa shape index (κ2) is 7.47. The summed E-state index contributed by atoms with van der Waals surface area (Å²) in [6, 6.07) is 0. The summed E-state index contributed by atoms with van der Waals surface area (Å²) < 4.78 is 11.6. The normalized spacial score (nSPS) is 17.3. The van der Waals surface area contributed by atoms with Gasteiger partial charge in [0.1, 0.15) is 17.8 Å². The third-order valence-corrected chi connectivity index (χ3v) is 4.14. The maximum atomic E-state index is 12.7. The molecule has 1 atom stereocenters. The van der Waals surface area contributed by atoms with Gasteiger partial charge in [-0.25, -0.2) is 4.98 Å². The highest BCUT2D eigenvalue weighted by Crippen LogP contribution is 2.23. The fraction of sp³-hybridized carbons (Fsp3) is 0.500. The predicted octanol–water partition coefficient (Wildman–Crippen LogP) is 0.886. The van der Waals surface area contributed by atoms with Crippen LogP contribution in [-0.4, -0.2) is 40.3 Å². The highest BCUT2D eigenvalue weighted by Gasteiger charge is 2.26. The summed E-state index contributed by atoms with van der Waals surface area (Å²) in [5, 5.41) is 9.44. The Bertz CT molecular complexity index is 794. The van der Waals surface area contributed by atoms with Gasteiger partial charge in [0.25, 0.3) is 11.5 Å². The van der Waals surface area contributed by atoms with Crippen molar-refractivity contribution in [3.63, 3.8) is 0 Å². The van der Waals surface area contributed by atoms with Crippen LogP contribution in [0, 0.1) is 0 Å². The van der Waals surface area contributed by atoms with Crippen LogP contribution in [0.3, 0.4) is 0 Å². The number of ether oxygens (including phenoxy) is 1. The molecule has 2 N–H and O–H groups in total. The minimum Gasteiger partial charge on any atom is -0.486 e. The monoisotopic (exact) mass is 347 g/mol. The van der Waals surface area contributed by atoms with Gasteiger partial charge in [-0.15, -0.1) is 0 Å². The molecule has 2 aromatic rings. The van der Waals surface area contributed by atoms with E-state index in [1.165, 1.54) is 17.0 Å². The van der Waals surface area contributed by atoms with Crippen molar-refractivity contribution in [1.82, 2.24) is 20.0 Å². The lowest BCUT2D eigenvalue weighted by Crippen LogP contribution is -2.35. The first-order chi connectivity index (χ1) is 12.1. The number of aromatic nitrogens is 3. The molecule has 1 saturated heterocycles. The first-order valence-corrected chi connectivity index (χ1v) is 8.27. The largest absolute Gasteiger partial charge is 0.486 e. The van der Waals surface area contributed by atoms with E-state index in [0.717, 1.165) is 25.9 Å². The smallest absolute Gasteiger partial charge is 0.296 e. The maximum absolute atomic E-state index is 12.7. The molecule has 1 amide bonds. The Kier molecular flexibility index (Phi) is 5.13. The number of rotatable bonds is 5. The maximum Gasteiger partial charge on any atom is 0.296 e. The number of nitrogens with one attached hydrogen (secondary N) is 2. The minimum atomic E-state index is -0.533. The standard InChI is InChI=1S/C16H21N5O4/c1-3-24-13-12(15(22)19-11-8-18-25-9-11)20-14(21(2)16(13)23)10-5-4-6-17-7-10/h8-10,17H,3-7H2,1-2H3,(H,19,22). The van der Waals surface area contributed by atoms with Crippen LogP contribution in [0.15, 0.2) is 21.8 Å². The molecular formula is C16H21N5O4. The van der Waals surface area contributed by atoms with Gasteiger partial charge in [-0.1, -0.05) is 5.16 Å². The Balaban J connectivity index is 2.02. The molecule has 3 rings (SSSR count). The van der Waals surface area contributed by atoms with Crippen LogP contribution in [0.1, 0.15) is 42.0 Å². The molecule has 134 valence electrons. The molecule has 9 heteroatoms. The van der Waals surface area contributed by atoms with Crippen LogP contribution < -0.4 is 20.9 Å². The number of carbonyl (C=O) groups excluding carboxylic acids is 1. The van der Waals surface area contributed by atoms with Crippen molar-refractivity contribution in [2.45, 2.75) is 25.7 Å². The van der Waals surface area contributed by atoms with E-state index >= 15 is 0 Å². The molecule has 1 fully saturated rings. The Morgan fingerprint density at radius 1 is 1.56 bits per heavy atom. The molecule has 25 heavy (non-hydrogen) atoms. The first kappa shape index (κ1) is 17.2. The molecule has 3 heterocycles. The summed E-state index contributed by atoms with van der Waals surface area (Å²) in [6.07, 6.45) is 4.57. The van der Waals surface area contributed by atoms with Crippen molar-refractivity contribution in [3.05, 3.63) is 34.3 Å². The average Bonchev–Trinajstić information content (AvgIpc) is 3.13. The molecule has 0 radical (unpaired) electrons. The van der Waals surface area contributed by atoms with Gasteiger partial charge in [-0.05, 0) is 26.3 Å². The van der Waals surface area contributed by atoms with Gasteiger partial charge in [-0.2, -0.15) is 0 Å². The number of amides is 1. The van der Waals surface area contributed by atoms with E-state index in [2.05, 4.69) is 20.8 Å². The molecule has 0 aromatic carbocycles. The summed E-state index contributed by atoms with van der Waals surface area (Å²) in [7, 11) is 1.66. The van der Waals surface area contributed by atoms with E-state index in [4.69, 9.17) is 9.26 Å². The van der Waals surface area contributed by atoms with Gasteiger partial charge in [0, 0.05) is 19.5 Å². The molecule has 2 aromatic heterocycles. The van der Waals surface area contributed by atoms with E-state index in [0.29, 0.717) is 11.5 Å². The Morgan fingerprint density at radius 3 is 3.04 bits per heavy atom. The van der Waals surface area contributed by atoms with Crippen LogP contribution in [0.5, 0.6) is 5.75 Å². The predicted molar refractivity (Wildman–Crippen MR) is 89.9 cm³/mol. The van der Waals surface area contributed by atoms with Crippen molar-refractivity contribution < 1.29 is 14.1 Å². The number of hydrogen-bond acceptors (Lipinski definition) is 7. The molecular weight excluding hydrogens is 326 g/mol. The highest BCUT2D eigenvalue weighted by molar-refractivity contribution is 6.04. The van der Waals surface area contributed by atoms with Gasteiger partial charge in [0.15, 0.2) is 5.69 Å². The van der Waals surface area contributed by atoms with Crippen molar-refractivity contribution in [2.75, 3.05) is 25.0 Å². The van der Waals surface area contributed by atoms with Crippen molar-refractivity contribution >= 4 is 11.6 Å². The summed E-state index contributed by atoms with van der Waals surface area (Å²) in [5.41, 5.74) is -0.00424. The average molecular weight is 347 g/mol. The summed E-state index contributed by atoms with van der Waals surface area (Å²) in [5.74, 6) is 0.0706. The van der Waals surface area contributed by atoms with Crippen LogP contribution in [0.2, 0.25) is 0 Å². The van der Waals surface area contributed by atoms with Crippen LogP contribution >= 0.6 is 0 Å². The highest BCUT2D eigenvalue weighted by atomic mass is 16.5. The fourth-order valence-electron chi connectivity index (χ4n) is 2.92. The van der Waals surface area contributed by atoms with Crippen molar-refractivity contribution in [2.24, 2.45) is 7.05 Å². The van der Waals surface area contributed by atoms with Crippen molar-refractivity contribution in [1.29, 1.82) is 0 Å². The Morgan fingerprint density at radius 2 is 2.40 bits per heavy atom. The molecule has 1 unspecified atom stereocenters. The van der Waals surface area contributed by atoms with E-state index in [-0.39, 0.29) is 29.5 Å². The summed E-state index contributed by atoms with van der Waals surface area (Å²) in [4.78, 5) is 29.8. The number of anilines is 1. The van der Waals surface area contributed by atoms with E-state index in [1.807, 2.05) is 0 Å². The van der Waals surface area contributed by atoms with Gasteiger partial charge < -0.3 is 19.9 Å². The molecule has 0 bridgehead atoms. The minimum absolute atomic E-state index is 0.0216. The second-order valence-corrected chi connectivity index (χ2v) is 5.86. The van der Waals surface area contributed by atoms with Crippen LogP contribution in [0.25, 0.3) is 0 Å². The van der Waals surface area contributed by atoms with E-state index in [1.54, 1.807) is 14.0 Å². The molecule has 0 saturated carbocycles. The van der Waals surface area contributed by atoms with Gasteiger partial charge in [0.05, 0.1) is 12.8 Å². The van der Waals surface area contributed by atoms with Crippen LogP contribution in [-0.2, 0) is 7.05 Å². The Hall–Kier alpha value is -2.68.